The second-order valence-corrected chi connectivity index (χ2v) is 4.36. The Balaban J connectivity index is 2.85. The molecule has 0 saturated heterocycles. The predicted octanol–water partition coefficient (Wildman–Crippen LogP) is 2.73. The molecule has 0 heterocycles. The summed E-state index contributed by atoms with van der Waals surface area (Å²) in [6, 6.07) is 5.95. The van der Waals surface area contributed by atoms with E-state index in [1.165, 1.54) is 5.56 Å². The first-order valence-corrected chi connectivity index (χ1v) is 6.12. The summed E-state index contributed by atoms with van der Waals surface area (Å²) in [4.78, 5) is 2.29. The molecule has 1 aromatic carbocycles. The van der Waals surface area contributed by atoms with E-state index >= 15 is 0 Å². The molecule has 0 bridgehead atoms. The fourth-order valence-corrected chi connectivity index (χ4v) is 2.04. The molecule has 0 aromatic heterocycles. The van der Waals surface area contributed by atoms with E-state index in [4.69, 9.17) is 4.74 Å². The largest absolute Gasteiger partial charge is 0.508 e. The van der Waals surface area contributed by atoms with Crippen LogP contribution in [0.5, 0.6) is 5.75 Å². The fraction of sp³-hybridized carbons (Fsp3) is 0.571. The van der Waals surface area contributed by atoms with Crippen molar-refractivity contribution in [2.24, 2.45) is 0 Å². The van der Waals surface area contributed by atoms with Gasteiger partial charge in [0.15, 0.2) is 0 Å². The number of phenolic OH excluding ortho intramolecular Hbond substituents is 1. The minimum Gasteiger partial charge on any atom is -0.508 e. The number of hydrogen-bond donors (Lipinski definition) is 1. The second-order valence-electron chi connectivity index (χ2n) is 4.36. The Kier molecular flexibility index (Phi) is 5.45. The zero-order valence-corrected chi connectivity index (χ0v) is 11.2. The maximum atomic E-state index is 9.92. The molecule has 1 N–H and O–H groups in total. The molecule has 3 nitrogen and oxygen atoms in total. The number of methoxy groups -OCH3 is 1. The van der Waals surface area contributed by atoms with Crippen molar-refractivity contribution in [3.05, 3.63) is 29.3 Å². The third-order valence-corrected chi connectivity index (χ3v) is 3.17. The van der Waals surface area contributed by atoms with Crippen LogP contribution in [0, 0.1) is 6.92 Å². The standard InChI is InChI=1S/C14H23NO2/c1-5-15(8-9-17-4)12(3)13-10-11(2)6-7-14(13)16/h6-7,10,12,16H,5,8-9H2,1-4H3. The number of phenols is 1. The minimum absolute atomic E-state index is 0.204. The van der Waals surface area contributed by atoms with Crippen LogP contribution in [0.3, 0.4) is 0 Å². The lowest BCUT2D eigenvalue weighted by Crippen LogP contribution is -2.30. The molecule has 0 spiro atoms. The van der Waals surface area contributed by atoms with Gasteiger partial charge in [0.1, 0.15) is 5.75 Å². The molecule has 1 atom stereocenters. The minimum atomic E-state index is 0.204. The lowest BCUT2D eigenvalue weighted by atomic mass is 10.0. The van der Waals surface area contributed by atoms with Crippen molar-refractivity contribution in [1.82, 2.24) is 4.90 Å². The van der Waals surface area contributed by atoms with Crippen LogP contribution >= 0.6 is 0 Å². The number of aromatic hydroxyl groups is 1. The molecule has 1 rings (SSSR count). The predicted molar refractivity (Wildman–Crippen MR) is 70.4 cm³/mol. The van der Waals surface area contributed by atoms with Crippen LogP contribution in [-0.2, 0) is 4.74 Å². The Morgan fingerprint density at radius 3 is 2.71 bits per heavy atom. The van der Waals surface area contributed by atoms with Gasteiger partial charge in [0.05, 0.1) is 6.61 Å². The Morgan fingerprint density at radius 1 is 1.41 bits per heavy atom. The highest BCUT2D eigenvalue weighted by Gasteiger charge is 2.17. The van der Waals surface area contributed by atoms with Crippen LogP contribution in [0.4, 0.5) is 0 Å². The number of nitrogens with zero attached hydrogens (tertiary/aromatic N) is 1. The Hall–Kier alpha value is -1.06. The first-order valence-electron chi connectivity index (χ1n) is 6.12. The van der Waals surface area contributed by atoms with Crippen LogP contribution in [0.2, 0.25) is 0 Å². The summed E-state index contributed by atoms with van der Waals surface area (Å²) >= 11 is 0. The molecule has 0 amide bonds. The Bertz CT molecular complexity index is 352. The van der Waals surface area contributed by atoms with E-state index in [1.807, 2.05) is 13.0 Å². The molecule has 17 heavy (non-hydrogen) atoms. The molecular weight excluding hydrogens is 214 g/mol. The summed E-state index contributed by atoms with van der Waals surface area (Å²) < 4.78 is 5.11. The lowest BCUT2D eigenvalue weighted by molar-refractivity contribution is 0.128. The van der Waals surface area contributed by atoms with Crippen LogP contribution < -0.4 is 0 Å². The van der Waals surface area contributed by atoms with Gasteiger partial charge in [0.25, 0.3) is 0 Å². The maximum absolute atomic E-state index is 9.92. The maximum Gasteiger partial charge on any atom is 0.120 e. The molecule has 96 valence electrons. The van der Waals surface area contributed by atoms with Crippen molar-refractivity contribution in [1.29, 1.82) is 0 Å². The van der Waals surface area contributed by atoms with Gasteiger partial charge in [-0.2, -0.15) is 0 Å². The summed E-state index contributed by atoms with van der Waals surface area (Å²) in [5.41, 5.74) is 2.16. The van der Waals surface area contributed by atoms with Crippen LogP contribution in [-0.4, -0.2) is 36.8 Å². The van der Waals surface area contributed by atoms with Gasteiger partial charge in [0, 0.05) is 25.3 Å². The number of aryl methyl sites for hydroxylation is 1. The number of rotatable bonds is 6. The van der Waals surface area contributed by atoms with Gasteiger partial charge in [-0.25, -0.2) is 0 Å². The number of likely N-dealkylation sites (N-methyl/N-ethyl adjacent to an activating group) is 1. The molecule has 0 saturated carbocycles. The van der Waals surface area contributed by atoms with Gasteiger partial charge >= 0.3 is 0 Å². The highest BCUT2D eigenvalue weighted by atomic mass is 16.5. The first-order chi connectivity index (χ1) is 8.10. The number of ether oxygens (including phenoxy) is 1. The zero-order valence-electron chi connectivity index (χ0n) is 11.2. The quantitative estimate of drug-likeness (QED) is 0.825. The van der Waals surface area contributed by atoms with Gasteiger partial charge in [-0.1, -0.05) is 24.6 Å². The van der Waals surface area contributed by atoms with E-state index in [0.717, 1.165) is 18.7 Å². The molecule has 1 aromatic rings. The van der Waals surface area contributed by atoms with E-state index in [9.17, 15) is 5.11 Å². The van der Waals surface area contributed by atoms with Gasteiger partial charge < -0.3 is 9.84 Å². The molecule has 0 aliphatic rings. The monoisotopic (exact) mass is 237 g/mol. The third kappa shape index (κ3) is 3.72. The number of benzene rings is 1. The van der Waals surface area contributed by atoms with Gasteiger partial charge in [-0.3, -0.25) is 4.90 Å². The molecule has 1 unspecified atom stereocenters. The molecule has 0 aliphatic heterocycles. The van der Waals surface area contributed by atoms with Crippen molar-refractivity contribution in [3.8, 4) is 5.75 Å². The van der Waals surface area contributed by atoms with Crippen molar-refractivity contribution in [2.75, 3.05) is 26.8 Å². The fourth-order valence-electron chi connectivity index (χ4n) is 2.04. The molecule has 0 fully saturated rings. The smallest absolute Gasteiger partial charge is 0.120 e. The SMILES string of the molecule is CCN(CCOC)C(C)c1cc(C)ccc1O. The van der Waals surface area contributed by atoms with Crippen molar-refractivity contribution in [3.63, 3.8) is 0 Å². The van der Waals surface area contributed by atoms with Gasteiger partial charge in [0.2, 0.25) is 0 Å². The Morgan fingerprint density at radius 2 is 2.12 bits per heavy atom. The lowest BCUT2D eigenvalue weighted by Gasteiger charge is -2.28. The van der Waals surface area contributed by atoms with Crippen molar-refractivity contribution in [2.45, 2.75) is 26.8 Å². The Labute approximate surface area is 104 Å². The molecule has 3 heteroatoms. The van der Waals surface area contributed by atoms with Crippen LogP contribution in [0.1, 0.15) is 31.0 Å². The molecular formula is C14H23NO2. The summed E-state index contributed by atoms with van der Waals surface area (Å²) in [7, 11) is 1.71. The first kappa shape index (κ1) is 14.0. The average Bonchev–Trinajstić information content (AvgIpc) is 2.33. The van der Waals surface area contributed by atoms with Gasteiger partial charge in [-0.15, -0.1) is 0 Å². The highest BCUT2D eigenvalue weighted by Crippen LogP contribution is 2.28. The second kappa shape index (κ2) is 6.62. The van der Waals surface area contributed by atoms with E-state index in [-0.39, 0.29) is 6.04 Å². The van der Waals surface area contributed by atoms with E-state index < -0.39 is 0 Å². The van der Waals surface area contributed by atoms with E-state index in [1.54, 1.807) is 13.2 Å². The summed E-state index contributed by atoms with van der Waals surface area (Å²) in [5, 5.41) is 9.92. The van der Waals surface area contributed by atoms with Gasteiger partial charge in [-0.05, 0) is 26.5 Å². The van der Waals surface area contributed by atoms with Crippen LogP contribution in [0.25, 0.3) is 0 Å². The summed E-state index contributed by atoms with van der Waals surface area (Å²) in [6.07, 6.45) is 0. The van der Waals surface area contributed by atoms with Crippen molar-refractivity contribution < 1.29 is 9.84 Å². The third-order valence-electron chi connectivity index (χ3n) is 3.17. The molecule has 0 radical (unpaired) electrons. The van der Waals surface area contributed by atoms with E-state index in [0.29, 0.717) is 12.4 Å². The topological polar surface area (TPSA) is 32.7 Å². The number of hydrogen-bond acceptors (Lipinski definition) is 3. The normalized spacial score (nSPS) is 13.0. The summed E-state index contributed by atoms with van der Waals surface area (Å²) in [5.74, 6) is 0.374. The van der Waals surface area contributed by atoms with Crippen molar-refractivity contribution >= 4 is 0 Å². The zero-order chi connectivity index (χ0) is 12.8. The summed E-state index contributed by atoms with van der Waals surface area (Å²) in [6.45, 7) is 8.82. The average molecular weight is 237 g/mol. The van der Waals surface area contributed by atoms with Crippen LogP contribution in [0.15, 0.2) is 18.2 Å². The molecule has 0 aliphatic carbocycles. The highest BCUT2D eigenvalue weighted by molar-refractivity contribution is 5.37. The van der Waals surface area contributed by atoms with E-state index in [2.05, 4.69) is 24.8 Å².